The number of amides is 4. The third kappa shape index (κ3) is 4.30. The van der Waals surface area contributed by atoms with Gasteiger partial charge < -0.3 is 15.4 Å². The van der Waals surface area contributed by atoms with Crippen LogP contribution < -0.4 is 15.4 Å². The third-order valence-corrected chi connectivity index (χ3v) is 5.95. The highest BCUT2D eigenvalue weighted by molar-refractivity contribution is 6.12. The first-order valence-electron chi connectivity index (χ1n) is 11.4. The standard InChI is InChI=1S/C29H23N3O4/c33-26(30-24-18-10-11-19-25(24)36-23-16-8-3-9-17-23)20-32-27(34)29(31-28(32)35,21-12-4-1-5-13-21)22-14-6-2-7-15-22/h1-19H,20H2,(H,30,33)(H,31,35). The van der Waals surface area contributed by atoms with Gasteiger partial charge in [0.15, 0.2) is 11.3 Å². The number of anilines is 1. The Morgan fingerprint density at radius 3 is 1.89 bits per heavy atom. The molecule has 1 aliphatic heterocycles. The fourth-order valence-corrected chi connectivity index (χ4v) is 4.26. The molecule has 1 saturated heterocycles. The molecule has 4 aromatic rings. The number of hydrogen-bond donors (Lipinski definition) is 2. The zero-order chi connectivity index (χ0) is 25.0. The summed E-state index contributed by atoms with van der Waals surface area (Å²) >= 11 is 0. The van der Waals surface area contributed by atoms with Crippen molar-refractivity contribution in [3.63, 3.8) is 0 Å². The molecule has 2 N–H and O–H groups in total. The first kappa shape index (κ1) is 22.9. The van der Waals surface area contributed by atoms with E-state index in [-0.39, 0.29) is 0 Å². The number of rotatable bonds is 7. The van der Waals surface area contributed by atoms with Gasteiger partial charge in [0.25, 0.3) is 5.91 Å². The van der Waals surface area contributed by atoms with Crippen molar-refractivity contribution in [1.29, 1.82) is 0 Å². The van der Waals surface area contributed by atoms with Gasteiger partial charge in [0.2, 0.25) is 5.91 Å². The molecule has 4 amide bonds. The molecule has 4 aromatic carbocycles. The van der Waals surface area contributed by atoms with E-state index in [4.69, 9.17) is 4.74 Å². The minimum atomic E-state index is -1.42. The average Bonchev–Trinajstić information content (AvgIpc) is 3.17. The van der Waals surface area contributed by atoms with Crippen molar-refractivity contribution in [1.82, 2.24) is 10.2 Å². The van der Waals surface area contributed by atoms with E-state index in [1.165, 1.54) is 0 Å². The predicted octanol–water partition coefficient (Wildman–Crippen LogP) is 4.91. The molecular formula is C29H23N3O4. The number of para-hydroxylation sites is 3. The Kier molecular flexibility index (Phi) is 6.19. The quantitative estimate of drug-likeness (QED) is 0.370. The van der Waals surface area contributed by atoms with Gasteiger partial charge >= 0.3 is 6.03 Å². The summed E-state index contributed by atoms with van der Waals surface area (Å²) in [5.74, 6) is 0.00868. The van der Waals surface area contributed by atoms with E-state index < -0.39 is 29.9 Å². The molecule has 0 atom stereocenters. The van der Waals surface area contributed by atoms with E-state index in [1.54, 1.807) is 84.9 Å². The van der Waals surface area contributed by atoms with Crippen LogP contribution in [0.2, 0.25) is 0 Å². The van der Waals surface area contributed by atoms with Crippen molar-refractivity contribution in [3.8, 4) is 11.5 Å². The van der Waals surface area contributed by atoms with Crippen molar-refractivity contribution in [2.24, 2.45) is 0 Å². The summed E-state index contributed by atoms with van der Waals surface area (Å²) in [6.07, 6.45) is 0. The van der Waals surface area contributed by atoms with E-state index in [0.29, 0.717) is 28.3 Å². The monoisotopic (exact) mass is 477 g/mol. The highest BCUT2D eigenvalue weighted by Crippen LogP contribution is 2.36. The summed E-state index contributed by atoms with van der Waals surface area (Å²) < 4.78 is 5.90. The first-order chi connectivity index (χ1) is 17.6. The lowest BCUT2D eigenvalue weighted by Crippen LogP contribution is -2.45. The predicted molar refractivity (Wildman–Crippen MR) is 135 cm³/mol. The summed E-state index contributed by atoms with van der Waals surface area (Å²) in [7, 11) is 0. The maximum Gasteiger partial charge on any atom is 0.326 e. The molecule has 5 rings (SSSR count). The Labute approximate surface area is 208 Å². The number of nitrogens with zero attached hydrogens (tertiary/aromatic N) is 1. The zero-order valence-corrected chi connectivity index (χ0v) is 19.3. The van der Waals surface area contributed by atoms with E-state index >= 15 is 0 Å². The lowest BCUT2D eigenvalue weighted by molar-refractivity contribution is -0.133. The molecule has 7 nitrogen and oxygen atoms in total. The molecular weight excluding hydrogens is 454 g/mol. The Balaban J connectivity index is 1.39. The topological polar surface area (TPSA) is 87.7 Å². The minimum Gasteiger partial charge on any atom is -0.455 e. The molecule has 178 valence electrons. The van der Waals surface area contributed by atoms with Crippen molar-refractivity contribution in [2.75, 3.05) is 11.9 Å². The molecule has 0 aromatic heterocycles. The Morgan fingerprint density at radius 2 is 1.28 bits per heavy atom. The maximum atomic E-state index is 13.8. The summed E-state index contributed by atoms with van der Waals surface area (Å²) in [4.78, 5) is 40.8. The van der Waals surface area contributed by atoms with Gasteiger partial charge in [-0.25, -0.2) is 4.79 Å². The summed E-state index contributed by atoms with van der Waals surface area (Å²) in [5, 5.41) is 5.61. The lowest BCUT2D eigenvalue weighted by atomic mass is 9.82. The van der Waals surface area contributed by atoms with Crippen molar-refractivity contribution < 1.29 is 19.1 Å². The number of ether oxygens (including phenoxy) is 1. The van der Waals surface area contributed by atoms with Crippen LogP contribution in [-0.4, -0.2) is 29.3 Å². The lowest BCUT2D eigenvalue weighted by Gasteiger charge is -2.28. The molecule has 7 heteroatoms. The molecule has 0 unspecified atom stereocenters. The maximum absolute atomic E-state index is 13.8. The Bertz CT molecular complexity index is 1350. The third-order valence-electron chi connectivity index (χ3n) is 5.95. The molecule has 0 bridgehead atoms. The van der Waals surface area contributed by atoms with Gasteiger partial charge in [-0.3, -0.25) is 14.5 Å². The van der Waals surface area contributed by atoms with Crippen LogP contribution in [0.3, 0.4) is 0 Å². The second-order valence-electron chi connectivity index (χ2n) is 8.26. The smallest absolute Gasteiger partial charge is 0.326 e. The molecule has 0 radical (unpaired) electrons. The van der Waals surface area contributed by atoms with Gasteiger partial charge in [0.05, 0.1) is 5.69 Å². The van der Waals surface area contributed by atoms with Gasteiger partial charge in [0, 0.05) is 0 Å². The second kappa shape index (κ2) is 9.76. The Hall–Kier alpha value is -4.91. The number of carbonyl (C=O) groups excluding carboxylic acids is 3. The van der Waals surface area contributed by atoms with Crippen molar-refractivity contribution in [2.45, 2.75) is 5.54 Å². The second-order valence-corrected chi connectivity index (χ2v) is 8.26. The van der Waals surface area contributed by atoms with Crippen LogP contribution in [0.15, 0.2) is 115 Å². The Morgan fingerprint density at radius 1 is 0.750 bits per heavy atom. The molecule has 0 aliphatic carbocycles. The fourth-order valence-electron chi connectivity index (χ4n) is 4.26. The van der Waals surface area contributed by atoms with Crippen LogP contribution in [0, 0.1) is 0 Å². The van der Waals surface area contributed by atoms with Crippen LogP contribution in [0.4, 0.5) is 10.5 Å². The van der Waals surface area contributed by atoms with Gasteiger partial charge in [-0.15, -0.1) is 0 Å². The highest BCUT2D eigenvalue weighted by Gasteiger charge is 2.54. The normalized spacial score (nSPS) is 14.3. The van der Waals surface area contributed by atoms with Crippen LogP contribution in [0.1, 0.15) is 11.1 Å². The number of imide groups is 1. The van der Waals surface area contributed by atoms with E-state index in [2.05, 4.69) is 10.6 Å². The van der Waals surface area contributed by atoms with Crippen LogP contribution in [-0.2, 0) is 15.1 Å². The summed E-state index contributed by atoms with van der Waals surface area (Å²) in [5.41, 5.74) is 0.225. The number of carbonyl (C=O) groups is 3. The molecule has 1 fully saturated rings. The number of nitrogens with one attached hydrogen (secondary N) is 2. The fraction of sp³-hybridized carbons (Fsp3) is 0.0690. The van der Waals surface area contributed by atoms with Crippen molar-refractivity contribution >= 4 is 23.5 Å². The van der Waals surface area contributed by atoms with Crippen LogP contribution in [0.25, 0.3) is 0 Å². The zero-order valence-electron chi connectivity index (χ0n) is 19.3. The molecule has 36 heavy (non-hydrogen) atoms. The van der Waals surface area contributed by atoms with Crippen LogP contribution in [0.5, 0.6) is 11.5 Å². The van der Waals surface area contributed by atoms with Gasteiger partial charge in [0.1, 0.15) is 12.3 Å². The average molecular weight is 478 g/mol. The molecule has 1 aliphatic rings. The number of hydrogen-bond acceptors (Lipinski definition) is 4. The van der Waals surface area contributed by atoms with Gasteiger partial charge in [-0.05, 0) is 35.4 Å². The molecule has 0 spiro atoms. The molecule has 1 heterocycles. The first-order valence-corrected chi connectivity index (χ1v) is 11.4. The van der Waals surface area contributed by atoms with E-state index in [0.717, 1.165) is 4.90 Å². The summed E-state index contributed by atoms with van der Waals surface area (Å²) in [6.45, 7) is -0.453. The van der Waals surface area contributed by atoms with E-state index in [1.807, 2.05) is 30.3 Å². The van der Waals surface area contributed by atoms with E-state index in [9.17, 15) is 14.4 Å². The van der Waals surface area contributed by atoms with Crippen LogP contribution >= 0.6 is 0 Å². The number of urea groups is 1. The summed E-state index contributed by atoms with van der Waals surface area (Å²) in [6, 6.07) is 33.5. The van der Waals surface area contributed by atoms with Gasteiger partial charge in [-0.1, -0.05) is 91.0 Å². The SMILES string of the molecule is O=C(CN1C(=O)NC(c2ccccc2)(c2ccccc2)C1=O)Nc1ccccc1Oc1ccccc1. The van der Waals surface area contributed by atoms with Gasteiger partial charge in [-0.2, -0.15) is 0 Å². The highest BCUT2D eigenvalue weighted by atomic mass is 16.5. The van der Waals surface area contributed by atoms with Crippen molar-refractivity contribution in [3.05, 3.63) is 126 Å². The minimum absolute atomic E-state index is 0.427. The molecule has 0 saturated carbocycles. The largest absolute Gasteiger partial charge is 0.455 e. The number of benzene rings is 4.